The van der Waals surface area contributed by atoms with E-state index in [1.165, 1.54) is 12.1 Å². The van der Waals surface area contributed by atoms with Crippen LogP contribution in [0.2, 0.25) is 0 Å². The van der Waals surface area contributed by atoms with E-state index in [1.54, 1.807) is 37.2 Å². The van der Waals surface area contributed by atoms with Gasteiger partial charge in [0.2, 0.25) is 5.95 Å². The number of aromatic nitrogens is 4. The molecule has 7 heteroatoms. The highest BCUT2D eigenvalue weighted by Crippen LogP contribution is 2.32. The number of benzene rings is 2. The molecule has 116 valence electrons. The van der Waals surface area contributed by atoms with Gasteiger partial charge in [-0.15, -0.1) is 0 Å². The van der Waals surface area contributed by atoms with Gasteiger partial charge in [0.1, 0.15) is 12.1 Å². The third-order valence-electron chi connectivity index (χ3n) is 3.71. The molecule has 4 rings (SSSR count). The number of nitrogens with zero attached hydrogens (tertiary/aromatic N) is 3. The van der Waals surface area contributed by atoms with E-state index in [2.05, 4.69) is 15.0 Å². The number of hydrogen-bond acceptors (Lipinski definition) is 4. The number of aromatic amines is 1. The van der Waals surface area contributed by atoms with E-state index in [0.717, 1.165) is 11.0 Å². The summed E-state index contributed by atoms with van der Waals surface area (Å²) in [5.74, 6) is 1.45. The van der Waals surface area contributed by atoms with Crippen LogP contribution in [0, 0.1) is 5.82 Å². The molecule has 0 atom stereocenters. The van der Waals surface area contributed by atoms with Gasteiger partial charge in [0, 0.05) is 12.1 Å². The summed E-state index contributed by atoms with van der Waals surface area (Å²) < 4.78 is 25.7. The molecule has 4 aromatic rings. The average Bonchev–Trinajstić information content (AvgIpc) is 3.15. The summed E-state index contributed by atoms with van der Waals surface area (Å²) in [5, 5.41) is 0. The van der Waals surface area contributed by atoms with E-state index in [-0.39, 0.29) is 5.82 Å². The molecule has 0 amide bonds. The fraction of sp³-hybridized carbons (Fsp3) is 0.125. The lowest BCUT2D eigenvalue weighted by atomic mass is 10.2. The van der Waals surface area contributed by atoms with Crippen LogP contribution < -0.4 is 9.47 Å². The Balaban J connectivity index is 1.93. The van der Waals surface area contributed by atoms with Crippen molar-refractivity contribution in [2.45, 2.75) is 0 Å². The van der Waals surface area contributed by atoms with Gasteiger partial charge in [-0.1, -0.05) is 0 Å². The number of fused-ring (bicyclic) bond motifs is 2. The molecule has 0 radical (unpaired) electrons. The number of ether oxygens (including phenoxy) is 2. The molecule has 6 nitrogen and oxygen atoms in total. The van der Waals surface area contributed by atoms with Gasteiger partial charge in [-0.25, -0.2) is 14.4 Å². The van der Waals surface area contributed by atoms with Gasteiger partial charge in [0.15, 0.2) is 11.5 Å². The SMILES string of the molecule is COc1cc2ncn(-c3nc4ccc(F)cc4[nH]3)c2cc1OC. The van der Waals surface area contributed by atoms with E-state index in [9.17, 15) is 4.39 Å². The molecule has 0 saturated heterocycles. The van der Waals surface area contributed by atoms with Crippen LogP contribution in [-0.4, -0.2) is 33.7 Å². The van der Waals surface area contributed by atoms with Crippen LogP contribution in [0.1, 0.15) is 0 Å². The minimum Gasteiger partial charge on any atom is -0.493 e. The second-order valence-electron chi connectivity index (χ2n) is 5.03. The van der Waals surface area contributed by atoms with E-state index >= 15 is 0 Å². The summed E-state index contributed by atoms with van der Waals surface area (Å²) in [4.78, 5) is 11.9. The average molecular weight is 312 g/mol. The van der Waals surface area contributed by atoms with Gasteiger partial charge in [0.05, 0.1) is 36.3 Å². The second-order valence-corrected chi connectivity index (χ2v) is 5.03. The van der Waals surface area contributed by atoms with Gasteiger partial charge < -0.3 is 14.5 Å². The van der Waals surface area contributed by atoms with Crippen LogP contribution in [0.5, 0.6) is 11.5 Å². The number of H-pyrrole nitrogens is 1. The van der Waals surface area contributed by atoms with Gasteiger partial charge >= 0.3 is 0 Å². The Morgan fingerprint density at radius 1 is 1.04 bits per heavy atom. The van der Waals surface area contributed by atoms with Crippen LogP contribution in [0.15, 0.2) is 36.7 Å². The zero-order valence-electron chi connectivity index (χ0n) is 12.5. The van der Waals surface area contributed by atoms with Crippen molar-refractivity contribution in [3.63, 3.8) is 0 Å². The Morgan fingerprint density at radius 3 is 2.61 bits per heavy atom. The van der Waals surface area contributed by atoms with Gasteiger partial charge in [-0.2, -0.15) is 0 Å². The van der Waals surface area contributed by atoms with Gasteiger partial charge in [-0.05, 0) is 18.2 Å². The van der Waals surface area contributed by atoms with Crippen molar-refractivity contribution in [3.05, 3.63) is 42.5 Å². The standard InChI is InChI=1S/C16H13FN4O2/c1-22-14-6-12-13(7-15(14)23-2)21(8-18-12)16-19-10-4-3-9(17)5-11(10)20-16/h3-8H,1-2H3,(H,19,20). The first kappa shape index (κ1) is 13.6. The van der Waals surface area contributed by atoms with Crippen molar-refractivity contribution in [3.8, 4) is 17.4 Å². The van der Waals surface area contributed by atoms with Crippen molar-refractivity contribution in [2.75, 3.05) is 14.2 Å². The first-order chi connectivity index (χ1) is 11.2. The molecule has 2 aromatic heterocycles. The minimum absolute atomic E-state index is 0.311. The monoisotopic (exact) mass is 312 g/mol. The van der Waals surface area contributed by atoms with Crippen molar-refractivity contribution < 1.29 is 13.9 Å². The molecule has 0 aliphatic rings. The van der Waals surface area contributed by atoms with E-state index in [1.807, 2.05) is 6.07 Å². The molecular formula is C16H13FN4O2. The minimum atomic E-state index is -0.311. The second kappa shape index (κ2) is 4.98. The Morgan fingerprint density at radius 2 is 1.83 bits per heavy atom. The van der Waals surface area contributed by atoms with Crippen LogP contribution in [0.25, 0.3) is 28.0 Å². The maximum absolute atomic E-state index is 13.3. The van der Waals surface area contributed by atoms with Crippen LogP contribution in [0.4, 0.5) is 4.39 Å². The Labute approximate surface area is 130 Å². The van der Waals surface area contributed by atoms with E-state index in [0.29, 0.717) is 28.5 Å². The number of methoxy groups -OCH3 is 2. The van der Waals surface area contributed by atoms with Gasteiger partial charge in [0.25, 0.3) is 0 Å². The largest absolute Gasteiger partial charge is 0.493 e. The summed E-state index contributed by atoms with van der Waals surface area (Å²) in [5.41, 5.74) is 2.86. The number of rotatable bonds is 3. The van der Waals surface area contributed by atoms with Crippen molar-refractivity contribution in [1.82, 2.24) is 19.5 Å². The Kier molecular flexibility index (Phi) is 2.94. The quantitative estimate of drug-likeness (QED) is 0.631. The van der Waals surface area contributed by atoms with E-state index < -0.39 is 0 Å². The highest BCUT2D eigenvalue weighted by atomic mass is 19.1. The molecule has 0 aliphatic heterocycles. The molecule has 0 bridgehead atoms. The van der Waals surface area contributed by atoms with Crippen LogP contribution in [0.3, 0.4) is 0 Å². The summed E-state index contributed by atoms with van der Waals surface area (Å²) in [7, 11) is 3.16. The van der Waals surface area contributed by atoms with Crippen molar-refractivity contribution in [2.24, 2.45) is 0 Å². The number of halogens is 1. The van der Waals surface area contributed by atoms with Crippen molar-refractivity contribution in [1.29, 1.82) is 0 Å². The zero-order chi connectivity index (χ0) is 16.0. The Hall–Kier alpha value is -3.09. The highest BCUT2D eigenvalue weighted by Gasteiger charge is 2.13. The highest BCUT2D eigenvalue weighted by molar-refractivity contribution is 5.82. The van der Waals surface area contributed by atoms with Crippen molar-refractivity contribution >= 4 is 22.1 Å². The smallest absolute Gasteiger partial charge is 0.213 e. The Bertz CT molecular complexity index is 1020. The molecule has 0 unspecified atom stereocenters. The summed E-state index contributed by atoms with van der Waals surface area (Å²) in [6.45, 7) is 0. The number of hydrogen-bond donors (Lipinski definition) is 1. The third-order valence-corrected chi connectivity index (χ3v) is 3.71. The lowest BCUT2D eigenvalue weighted by Crippen LogP contribution is -1.96. The topological polar surface area (TPSA) is 65.0 Å². The lowest BCUT2D eigenvalue weighted by Gasteiger charge is -2.07. The third kappa shape index (κ3) is 2.09. The first-order valence-corrected chi connectivity index (χ1v) is 6.94. The molecule has 2 heterocycles. The molecule has 0 saturated carbocycles. The van der Waals surface area contributed by atoms with E-state index in [4.69, 9.17) is 9.47 Å². The van der Waals surface area contributed by atoms with Crippen LogP contribution in [-0.2, 0) is 0 Å². The molecule has 2 aromatic carbocycles. The molecule has 0 fully saturated rings. The molecule has 0 aliphatic carbocycles. The zero-order valence-corrected chi connectivity index (χ0v) is 12.5. The molecule has 23 heavy (non-hydrogen) atoms. The fourth-order valence-corrected chi connectivity index (χ4v) is 2.59. The summed E-state index contributed by atoms with van der Waals surface area (Å²) in [6, 6.07) is 8.05. The summed E-state index contributed by atoms with van der Waals surface area (Å²) in [6.07, 6.45) is 1.65. The predicted octanol–water partition coefficient (Wildman–Crippen LogP) is 3.06. The van der Waals surface area contributed by atoms with Crippen LogP contribution >= 0.6 is 0 Å². The molecule has 1 N–H and O–H groups in total. The van der Waals surface area contributed by atoms with Gasteiger partial charge in [-0.3, -0.25) is 4.57 Å². The predicted molar refractivity (Wildman–Crippen MR) is 83.8 cm³/mol. The normalized spacial score (nSPS) is 11.3. The number of imidazole rings is 2. The molecular weight excluding hydrogens is 299 g/mol. The summed E-state index contributed by atoms with van der Waals surface area (Å²) >= 11 is 0. The lowest BCUT2D eigenvalue weighted by molar-refractivity contribution is 0.355. The number of nitrogens with one attached hydrogen (secondary N) is 1. The fourth-order valence-electron chi connectivity index (χ4n) is 2.59. The first-order valence-electron chi connectivity index (χ1n) is 6.94. The molecule has 0 spiro atoms. The maximum atomic E-state index is 13.3. The maximum Gasteiger partial charge on any atom is 0.213 e.